The fourth-order valence-corrected chi connectivity index (χ4v) is 1.81. The van der Waals surface area contributed by atoms with Crippen molar-refractivity contribution < 1.29 is 14.7 Å². The molecular weight excluding hydrogens is 244 g/mol. The van der Waals surface area contributed by atoms with E-state index in [0.717, 1.165) is 12.8 Å². The maximum absolute atomic E-state index is 12.1. The largest absolute Gasteiger partial charge is 0.478 e. The van der Waals surface area contributed by atoms with Gasteiger partial charge in [-0.1, -0.05) is 6.08 Å². The predicted molar refractivity (Wildman–Crippen MR) is 72.3 cm³/mol. The molecule has 0 heterocycles. The summed E-state index contributed by atoms with van der Waals surface area (Å²) in [6.45, 7) is 4.16. The molecule has 1 aromatic rings. The number of aromatic carboxylic acids is 1. The third kappa shape index (κ3) is 3.34. The lowest BCUT2D eigenvalue weighted by molar-refractivity contribution is 0.0697. The summed E-state index contributed by atoms with van der Waals surface area (Å²) in [5, 5.41) is 11.6. The summed E-state index contributed by atoms with van der Waals surface area (Å²) in [4.78, 5) is 24.5. The van der Waals surface area contributed by atoms with Crippen molar-refractivity contribution in [3.05, 3.63) is 42.5 Å². The number of rotatable bonds is 5. The molecule has 0 atom stereocenters. The van der Waals surface area contributed by atoms with Gasteiger partial charge < -0.3 is 15.3 Å². The quantitative estimate of drug-likeness (QED) is 0.799. The number of benzene rings is 1. The number of carboxylic acids is 1. The van der Waals surface area contributed by atoms with Crippen LogP contribution in [0.4, 0.5) is 10.5 Å². The summed E-state index contributed by atoms with van der Waals surface area (Å²) in [6, 6.07) is 6.22. The number of hydrogen-bond acceptors (Lipinski definition) is 2. The summed E-state index contributed by atoms with van der Waals surface area (Å²) in [5.41, 5.74) is 0.785. The van der Waals surface area contributed by atoms with Gasteiger partial charge in [-0.3, -0.25) is 0 Å². The molecule has 0 saturated heterocycles. The second-order valence-electron chi connectivity index (χ2n) is 4.48. The zero-order valence-electron chi connectivity index (χ0n) is 10.5. The Morgan fingerprint density at radius 1 is 1.37 bits per heavy atom. The molecule has 0 radical (unpaired) electrons. The number of nitrogens with zero attached hydrogens (tertiary/aromatic N) is 1. The van der Waals surface area contributed by atoms with Gasteiger partial charge in [-0.05, 0) is 37.1 Å². The standard InChI is InChI=1S/C14H16N2O3/c1-2-9-16(12-7-8-12)14(19)15-11-5-3-10(4-6-11)13(17)18/h2-6,12H,1,7-9H2,(H,15,19)(H,17,18). The van der Waals surface area contributed by atoms with Crippen LogP contribution in [0.2, 0.25) is 0 Å². The zero-order valence-corrected chi connectivity index (χ0v) is 10.5. The smallest absolute Gasteiger partial charge is 0.335 e. The summed E-state index contributed by atoms with van der Waals surface area (Å²) in [5.74, 6) is -0.982. The highest BCUT2D eigenvalue weighted by molar-refractivity contribution is 5.91. The molecule has 5 nitrogen and oxygen atoms in total. The second kappa shape index (κ2) is 5.56. The van der Waals surface area contributed by atoms with E-state index < -0.39 is 5.97 Å². The van der Waals surface area contributed by atoms with Crippen molar-refractivity contribution in [2.24, 2.45) is 0 Å². The number of hydrogen-bond donors (Lipinski definition) is 2. The fourth-order valence-electron chi connectivity index (χ4n) is 1.81. The van der Waals surface area contributed by atoms with E-state index >= 15 is 0 Å². The lowest BCUT2D eigenvalue weighted by Gasteiger charge is -2.21. The molecule has 1 fully saturated rings. The first kappa shape index (κ1) is 13.1. The lowest BCUT2D eigenvalue weighted by Crippen LogP contribution is -2.36. The van der Waals surface area contributed by atoms with Gasteiger partial charge in [-0.25, -0.2) is 9.59 Å². The monoisotopic (exact) mass is 260 g/mol. The molecule has 100 valence electrons. The Morgan fingerprint density at radius 2 is 2.00 bits per heavy atom. The fraction of sp³-hybridized carbons (Fsp3) is 0.286. The molecule has 1 aliphatic rings. The van der Waals surface area contributed by atoms with Gasteiger partial charge in [-0.2, -0.15) is 0 Å². The number of amides is 2. The molecule has 0 spiro atoms. The Labute approximate surface area is 111 Å². The zero-order chi connectivity index (χ0) is 13.8. The maximum atomic E-state index is 12.1. The molecule has 1 aliphatic carbocycles. The highest BCUT2D eigenvalue weighted by atomic mass is 16.4. The van der Waals surface area contributed by atoms with E-state index in [1.807, 2.05) is 0 Å². The molecule has 0 aliphatic heterocycles. The number of urea groups is 1. The molecule has 1 saturated carbocycles. The van der Waals surface area contributed by atoms with Crippen LogP contribution in [0.5, 0.6) is 0 Å². The van der Waals surface area contributed by atoms with Gasteiger partial charge in [0.2, 0.25) is 0 Å². The molecule has 0 unspecified atom stereocenters. The number of carbonyl (C=O) groups excluding carboxylic acids is 1. The summed E-state index contributed by atoms with van der Waals surface area (Å²) < 4.78 is 0. The summed E-state index contributed by atoms with van der Waals surface area (Å²) in [6.07, 6.45) is 3.75. The molecule has 0 aromatic heterocycles. The highest BCUT2D eigenvalue weighted by Gasteiger charge is 2.31. The van der Waals surface area contributed by atoms with Crippen molar-refractivity contribution in [3.8, 4) is 0 Å². The summed E-state index contributed by atoms with van der Waals surface area (Å²) >= 11 is 0. The molecule has 1 aromatic carbocycles. The van der Waals surface area contributed by atoms with E-state index in [2.05, 4.69) is 11.9 Å². The second-order valence-corrected chi connectivity index (χ2v) is 4.48. The van der Waals surface area contributed by atoms with Crippen LogP contribution < -0.4 is 5.32 Å². The van der Waals surface area contributed by atoms with Crippen molar-refractivity contribution in [2.75, 3.05) is 11.9 Å². The van der Waals surface area contributed by atoms with Crippen LogP contribution in [0.15, 0.2) is 36.9 Å². The number of carboxylic acid groups (broad SMARTS) is 1. The van der Waals surface area contributed by atoms with Crippen LogP contribution in [-0.4, -0.2) is 34.6 Å². The van der Waals surface area contributed by atoms with Crippen LogP contribution >= 0.6 is 0 Å². The molecule has 2 amide bonds. The minimum Gasteiger partial charge on any atom is -0.478 e. The third-order valence-electron chi connectivity index (χ3n) is 2.96. The van der Waals surface area contributed by atoms with Crippen LogP contribution in [0, 0.1) is 0 Å². The molecule has 0 bridgehead atoms. The first-order valence-corrected chi connectivity index (χ1v) is 6.13. The van der Waals surface area contributed by atoms with E-state index in [4.69, 9.17) is 5.11 Å². The minimum absolute atomic E-state index is 0.175. The van der Waals surface area contributed by atoms with Gasteiger partial charge in [0.05, 0.1) is 5.56 Å². The highest BCUT2D eigenvalue weighted by Crippen LogP contribution is 2.27. The Hall–Kier alpha value is -2.30. The number of nitrogens with one attached hydrogen (secondary N) is 1. The summed E-state index contributed by atoms with van der Waals surface area (Å²) in [7, 11) is 0. The minimum atomic E-state index is -0.982. The van der Waals surface area contributed by atoms with Crippen molar-refractivity contribution in [1.29, 1.82) is 0 Å². The van der Waals surface area contributed by atoms with Gasteiger partial charge in [0.1, 0.15) is 0 Å². The van der Waals surface area contributed by atoms with E-state index in [-0.39, 0.29) is 11.6 Å². The van der Waals surface area contributed by atoms with Crippen molar-refractivity contribution >= 4 is 17.7 Å². The number of anilines is 1. The van der Waals surface area contributed by atoms with Crippen LogP contribution in [-0.2, 0) is 0 Å². The Bertz CT molecular complexity index is 492. The SMILES string of the molecule is C=CCN(C(=O)Nc1ccc(C(=O)O)cc1)C1CC1. The molecular formula is C14H16N2O3. The van der Waals surface area contributed by atoms with Gasteiger partial charge in [0.25, 0.3) is 0 Å². The van der Waals surface area contributed by atoms with Gasteiger partial charge in [0.15, 0.2) is 0 Å². The lowest BCUT2D eigenvalue weighted by atomic mass is 10.2. The maximum Gasteiger partial charge on any atom is 0.335 e. The Morgan fingerprint density at radius 3 is 2.47 bits per heavy atom. The first-order chi connectivity index (χ1) is 9.11. The van der Waals surface area contributed by atoms with E-state index in [1.165, 1.54) is 12.1 Å². The van der Waals surface area contributed by atoms with E-state index in [1.54, 1.807) is 23.1 Å². The van der Waals surface area contributed by atoms with Crippen molar-refractivity contribution in [2.45, 2.75) is 18.9 Å². The average Bonchev–Trinajstić information content (AvgIpc) is 3.20. The molecule has 2 N–H and O–H groups in total. The van der Waals surface area contributed by atoms with Crippen molar-refractivity contribution in [1.82, 2.24) is 4.90 Å². The van der Waals surface area contributed by atoms with Gasteiger partial charge >= 0.3 is 12.0 Å². The Balaban J connectivity index is 2.00. The predicted octanol–water partition coefficient (Wildman–Crippen LogP) is 2.57. The van der Waals surface area contributed by atoms with E-state index in [0.29, 0.717) is 18.3 Å². The third-order valence-corrected chi connectivity index (χ3v) is 2.96. The molecule has 5 heteroatoms. The van der Waals surface area contributed by atoms with Gasteiger partial charge in [0, 0.05) is 18.3 Å². The van der Waals surface area contributed by atoms with Crippen LogP contribution in [0.25, 0.3) is 0 Å². The van der Waals surface area contributed by atoms with Crippen LogP contribution in [0.1, 0.15) is 23.2 Å². The van der Waals surface area contributed by atoms with Crippen LogP contribution in [0.3, 0.4) is 0 Å². The average molecular weight is 260 g/mol. The number of carbonyl (C=O) groups is 2. The normalized spacial score (nSPS) is 13.7. The van der Waals surface area contributed by atoms with E-state index in [9.17, 15) is 9.59 Å². The molecule has 19 heavy (non-hydrogen) atoms. The Kier molecular flexibility index (Phi) is 3.85. The first-order valence-electron chi connectivity index (χ1n) is 6.13. The topological polar surface area (TPSA) is 69.6 Å². The van der Waals surface area contributed by atoms with Crippen molar-refractivity contribution in [3.63, 3.8) is 0 Å². The van der Waals surface area contributed by atoms with Gasteiger partial charge in [-0.15, -0.1) is 6.58 Å². The molecule has 2 rings (SSSR count).